The van der Waals surface area contributed by atoms with Crippen LogP contribution < -0.4 is 15.0 Å². The molecule has 0 aliphatic rings. The van der Waals surface area contributed by atoms with E-state index in [9.17, 15) is 0 Å². The van der Waals surface area contributed by atoms with Crippen LogP contribution in [0.25, 0.3) is 10.2 Å². The Kier molecular flexibility index (Phi) is 5.57. The summed E-state index contributed by atoms with van der Waals surface area (Å²) in [4.78, 5) is 10.9. The Labute approximate surface area is 172 Å². The molecule has 5 nitrogen and oxygen atoms in total. The minimum atomic E-state index is 0.317. The van der Waals surface area contributed by atoms with Crippen LogP contribution >= 0.6 is 22.7 Å². The minimum absolute atomic E-state index is 0.317. The van der Waals surface area contributed by atoms with Crippen molar-refractivity contribution in [3.8, 4) is 5.75 Å². The van der Waals surface area contributed by atoms with Gasteiger partial charge in [-0.25, -0.2) is 9.97 Å². The summed E-state index contributed by atoms with van der Waals surface area (Å²) in [7, 11) is 3.87. The lowest BCUT2D eigenvalue weighted by Gasteiger charge is -2.18. The average Bonchev–Trinajstić information content (AvgIpc) is 3.34. The molecule has 0 bridgehead atoms. The highest BCUT2D eigenvalue weighted by atomic mass is 32.1. The zero-order valence-electron chi connectivity index (χ0n) is 16.1. The Morgan fingerprint density at radius 3 is 2.64 bits per heavy atom. The molecule has 0 radical (unpaired) electrons. The third-order valence-corrected chi connectivity index (χ3v) is 6.80. The summed E-state index contributed by atoms with van der Waals surface area (Å²) in [5.41, 5.74) is 3.18. The van der Waals surface area contributed by atoms with Crippen LogP contribution in [-0.4, -0.2) is 24.1 Å². The predicted octanol–water partition coefficient (Wildman–Crippen LogP) is 4.28. The lowest BCUT2D eigenvalue weighted by Crippen LogP contribution is -3.07. The smallest absolute Gasteiger partial charge is 0.187 e. The van der Waals surface area contributed by atoms with E-state index in [-0.39, 0.29) is 0 Å². The third kappa shape index (κ3) is 4.16. The monoisotopic (exact) mass is 411 g/mol. The van der Waals surface area contributed by atoms with Crippen molar-refractivity contribution < 1.29 is 9.64 Å². The third-order valence-electron chi connectivity index (χ3n) is 4.77. The second kappa shape index (κ2) is 8.26. The van der Waals surface area contributed by atoms with Gasteiger partial charge in [0.15, 0.2) is 10.1 Å². The Bertz CT molecular complexity index is 1020. The lowest BCUT2D eigenvalue weighted by molar-refractivity contribution is -0.924. The summed E-state index contributed by atoms with van der Waals surface area (Å²) in [5.74, 6) is 0.847. The second-order valence-electron chi connectivity index (χ2n) is 6.76. The molecule has 0 aliphatic heterocycles. The van der Waals surface area contributed by atoms with E-state index in [1.807, 2.05) is 30.3 Å². The Morgan fingerprint density at radius 2 is 1.89 bits per heavy atom. The van der Waals surface area contributed by atoms with Crippen molar-refractivity contribution in [2.24, 2.45) is 0 Å². The molecule has 2 heterocycles. The number of hydrogen-bond donors (Lipinski definition) is 2. The summed E-state index contributed by atoms with van der Waals surface area (Å²) in [6.07, 6.45) is 0. The molecular formula is C21H23N4OS2+. The number of quaternary nitrogens is 1. The van der Waals surface area contributed by atoms with Gasteiger partial charge in [-0.05, 0) is 43.3 Å². The Morgan fingerprint density at radius 1 is 1.11 bits per heavy atom. The summed E-state index contributed by atoms with van der Waals surface area (Å²) in [6, 6.07) is 16.5. The zero-order valence-corrected chi connectivity index (χ0v) is 17.7. The molecule has 0 saturated carbocycles. The lowest BCUT2D eigenvalue weighted by atomic mass is 10.3. The molecule has 2 aromatic heterocycles. The van der Waals surface area contributed by atoms with Crippen LogP contribution in [0.2, 0.25) is 0 Å². The molecule has 0 aliphatic carbocycles. The number of hydrogen-bond acceptors (Lipinski definition) is 6. The Hall–Kier alpha value is -2.48. The van der Waals surface area contributed by atoms with Crippen molar-refractivity contribution in [1.82, 2.24) is 9.97 Å². The number of methoxy groups -OCH3 is 1. The first-order valence-electron chi connectivity index (χ1n) is 9.15. The maximum absolute atomic E-state index is 5.20. The van der Waals surface area contributed by atoms with E-state index in [2.05, 4.69) is 42.9 Å². The molecule has 0 amide bonds. The normalized spacial score (nSPS) is 13.4. The van der Waals surface area contributed by atoms with Crippen LogP contribution in [0.3, 0.4) is 0 Å². The van der Waals surface area contributed by atoms with Crippen molar-refractivity contribution in [3.63, 3.8) is 0 Å². The maximum atomic E-state index is 5.20. The van der Waals surface area contributed by atoms with Crippen molar-refractivity contribution in [3.05, 3.63) is 64.6 Å². The number of fused-ring (bicyclic) bond motifs is 1. The molecule has 7 heteroatoms. The van der Waals surface area contributed by atoms with Gasteiger partial charge in [-0.15, -0.1) is 22.7 Å². The molecule has 1 unspecified atom stereocenters. The molecule has 2 N–H and O–H groups in total. The quantitative estimate of drug-likeness (QED) is 0.477. The van der Waals surface area contributed by atoms with Crippen LogP contribution in [0.15, 0.2) is 53.9 Å². The van der Waals surface area contributed by atoms with Crippen molar-refractivity contribution in [1.29, 1.82) is 0 Å². The van der Waals surface area contributed by atoms with Gasteiger partial charge in [0.25, 0.3) is 0 Å². The van der Waals surface area contributed by atoms with Gasteiger partial charge in [-0.2, -0.15) is 0 Å². The molecule has 2 aromatic carbocycles. The molecule has 0 saturated heterocycles. The number of ether oxygens (including phenoxy) is 1. The van der Waals surface area contributed by atoms with Gasteiger partial charge in [-0.1, -0.05) is 12.1 Å². The van der Waals surface area contributed by atoms with Gasteiger partial charge in [0.1, 0.15) is 24.0 Å². The molecular weight excluding hydrogens is 388 g/mol. The number of thiazole rings is 2. The van der Waals surface area contributed by atoms with E-state index < -0.39 is 0 Å². The fourth-order valence-corrected chi connectivity index (χ4v) is 4.81. The van der Waals surface area contributed by atoms with E-state index in [4.69, 9.17) is 14.7 Å². The van der Waals surface area contributed by atoms with E-state index in [0.29, 0.717) is 6.04 Å². The van der Waals surface area contributed by atoms with E-state index in [1.54, 1.807) is 29.8 Å². The van der Waals surface area contributed by atoms with Gasteiger partial charge < -0.3 is 15.0 Å². The largest absolute Gasteiger partial charge is 0.497 e. The highest BCUT2D eigenvalue weighted by Gasteiger charge is 2.21. The van der Waals surface area contributed by atoms with Crippen molar-refractivity contribution >= 4 is 43.7 Å². The fraction of sp³-hybridized carbons (Fsp3) is 0.238. The number of para-hydroxylation sites is 1. The first-order chi connectivity index (χ1) is 13.6. The number of anilines is 2. The SMILES string of the molecule is COc1ccc(Nc2nc(C[NH+](C)[C@@H](C)c3nc4ccccc4s3)cs2)cc1. The van der Waals surface area contributed by atoms with E-state index >= 15 is 0 Å². The molecule has 0 fully saturated rings. The van der Waals surface area contributed by atoms with Crippen LogP contribution in [-0.2, 0) is 6.54 Å². The molecule has 144 valence electrons. The van der Waals surface area contributed by atoms with E-state index in [1.165, 1.54) is 14.6 Å². The summed E-state index contributed by atoms with van der Waals surface area (Å²) >= 11 is 3.41. The van der Waals surface area contributed by atoms with Gasteiger partial charge in [0.2, 0.25) is 0 Å². The molecule has 0 spiro atoms. The molecule has 4 aromatic rings. The van der Waals surface area contributed by atoms with Crippen LogP contribution in [0, 0.1) is 0 Å². The number of aromatic nitrogens is 2. The highest BCUT2D eigenvalue weighted by molar-refractivity contribution is 7.18. The topological polar surface area (TPSA) is 51.5 Å². The summed E-state index contributed by atoms with van der Waals surface area (Å²) in [6.45, 7) is 3.09. The van der Waals surface area contributed by atoms with Crippen LogP contribution in [0.5, 0.6) is 5.75 Å². The van der Waals surface area contributed by atoms with E-state index in [0.717, 1.165) is 34.3 Å². The second-order valence-corrected chi connectivity index (χ2v) is 8.68. The average molecular weight is 412 g/mol. The zero-order chi connectivity index (χ0) is 19.5. The first kappa shape index (κ1) is 18.9. The summed E-state index contributed by atoms with van der Waals surface area (Å²) < 4.78 is 6.44. The summed E-state index contributed by atoms with van der Waals surface area (Å²) in [5, 5.41) is 7.56. The molecule has 28 heavy (non-hydrogen) atoms. The van der Waals surface area contributed by atoms with Gasteiger partial charge >= 0.3 is 0 Å². The molecule has 4 rings (SSSR count). The number of nitrogens with one attached hydrogen (secondary N) is 2. The van der Waals surface area contributed by atoms with Gasteiger partial charge in [0.05, 0.1) is 24.4 Å². The predicted molar refractivity (Wildman–Crippen MR) is 117 cm³/mol. The van der Waals surface area contributed by atoms with Gasteiger partial charge in [0, 0.05) is 11.1 Å². The highest BCUT2D eigenvalue weighted by Crippen LogP contribution is 2.25. The van der Waals surface area contributed by atoms with Gasteiger partial charge in [-0.3, -0.25) is 0 Å². The number of rotatable bonds is 7. The van der Waals surface area contributed by atoms with Crippen LogP contribution in [0.4, 0.5) is 10.8 Å². The standard InChI is InChI=1S/C21H22N4OS2/c1-14(20-24-18-6-4-5-7-19(18)28-20)25(2)12-16-13-27-21(23-16)22-15-8-10-17(26-3)11-9-15/h4-11,13-14H,12H2,1-3H3,(H,22,23)/p+1/t14-/m0/s1. The number of nitrogens with zero attached hydrogens (tertiary/aromatic N) is 2. The van der Waals surface area contributed by atoms with Crippen molar-refractivity contribution in [2.75, 3.05) is 19.5 Å². The maximum Gasteiger partial charge on any atom is 0.187 e. The van der Waals surface area contributed by atoms with Crippen LogP contribution in [0.1, 0.15) is 23.7 Å². The minimum Gasteiger partial charge on any atom is -0.497 e. The molecule has 2 atom stereocenters. The Balaban J connectivity index is 1.40. The van der Waals surface area contributed by atoms with Crippen molar-refractivity contribution in [2.45, 2.75) is 19.5 Å². The number of benzene rings is 2. The first-order valence-corrected chi connectivity index (χ1v) is 10.9. The fourth-order valence-electron chi connectivity index (χ4n) is 2.97.